The van der Waals surface area contributed by atoms with E-state index in [1.54, 1.807) is 18.5 Å². The van der Waals surface area contributed by atoms with Crippen molar-refractivity contribution in [2.75, 3.05) is 0 Å². The molecule has 0 amide bonds. The van der Waals surface area contributed by atoms with Crippen LogP contribution in [0.15, 0.2) is 21.3 Å². The number of Topliss-reactive ketones (excluding diaryl/α,β-unsaturated/α-hetero) is 1. The van der Waals surface area contributed by atoms with Gasteiger partial charge < -0.3 is 0 Å². The molecule has 1 aromatic rings. The number of pyridine rings is 1. The summed E-state index contributed by atoms with van der Waals surface area (Å²) < 4.78 is 0. The lowest BCUT2D eigenvalue weighted by Gasteiger charge is -2.00. The average Bonchev–Trinajstić information content (AvgIpc) is 2.62. The van der Waals surface area contributed by atoms with Gasteiger partial charge in [0.15, 0.2) is 5.82 Å². The van der Waals surface area contributed by atoms with Crippen molar-refractivity contribution >= 4 is 30.2 Å². The third-order valence-corrected chi connectivity index (χ3v) is 2.06. The zero-order chi connectivity index (χ0) is 9.54. The van der Waals surface area contributed by atoms with E-state index < -0.39 is 0 Å². The van der Waals surface area contributed by atoms with E-state index in [9.17, 15) is 4.79 Å². The maximum atomic E-state index is 11.4. The van der Waals surface area contributed by atoms with Gasteiger partial charge in [0, 0.05) is 5.22 Å². The maximum Gasteiger partial charge on any atom is 0.206 e. The Bertz CT molecular complexity index is 612. The Morgan fingerprint density at radius 3 is 3.07 bits per heavy atom. The SMILES string of the molecule is O=C1C=NC=c2nc3c(cc21)=CN=N3. The first-order chi connectivity index (χ1) is 6.84. The van der Waals surface area contributed by atoms with Crippen LogP contribution in [-0.4, -0.2) is 17.0 Å². The van der Waals surface area contributed by atoms with Crippen molar-refractivity contribution in [2.45, 2.75) is 0 Å². The molecule has 0 fully saturated rings. The van der Waals surface area contributed by atoms with Gasteiger partial charge in [0.2, 0.25) is 5.78 Å². The highest BCUT2D eigenvalue weighted by atomic mass is 16.1. The Balaban J connectivity index is 2.45. The van der Waals surface area contributed by atoms with Crippen LogP contribution in [0, 0.1) is 0 Å². The molecule has 14 heavy (non-hydrogen) atoms. The third kappa shape index (κ3) is 0.861. The van der Waals surface area contributed by atoms with Crippen LogP contribution < -0.4 is 10.6 Å². The van der Waals surface area contributed by atoms with Crippen molar-refractivity contribution in [2.24, 2.45) is 15.2 Å². The van der Waals surface area contributed by atoms with Gasteiger partial charge in [0.1, 0.15) is 0 Å². The van der Waals surface area contributed by atoms with Crippen LogP contribution >= 0.6 is 0 Å². The van der Waals surface area contributed by atoms with Crippen LogP contribution in [0.3, 0.4) is 0 Å². The molecule has 0 aromatic carbocycles. The summed E-state index contributed by atoms with van der Waals surface area (Å²) >= 11 is 0. The molecule has 1 aromatic heterocycles. The average molecular weight is 184 g/mol. The number of carbonyl (C=O) groups is 1. The smallest absolute Gasteiger partial charge is 0.206 e. The molecule has 0 saturated carbocycles. The number of ketones is 1. The Kier molecular flexibility index (Phi) is 1.25. The van der Waals surface area contributed by atoms with Crippen LogP contribution in [-0.2, 0) is 0 Å². The summed E-state index contributed by atoms with van der Waals surface area (Å²) in [4.78, 5) is 19.3. The highest BCUT2D eigenvalue weighted by Crippen LogP contribution is 2.06. The second-order valence-corrected chi connectivity index (χ2v) is 2.95. The molecule has 0 saturated heterocycles. The molecule has 0 spiro atoms. The lowest BCUT2D eigenvalue weighted by Crippen LogP contribution is -2.25. The molecular weight excluding hydrogens is 180 g/mol. The van der Waals surface area contributed by atoms with Crippen molar-refractivity contribution in [1.82, 2.24) is 4.98 Å². The van der Waals surface area contributed by atoms with Crippen molar-refractivity contribution in [3.8, 4) is 0 Å². The van der Waals surface area contributed by atoms with Crippen LogP contribution in [0.2, 0.25) is 0 Å². The van der Waals surface area contributed by atoms with Gasteiger partial charge in [-0.05, 0) is 6.07 Å². The molecule has 2 aliphatic rings. The van der Waals surface area contributed by atoms with Gasteiger partial charge in [-0.1, -0.05) is 0 Å². The molecule has 0 radical (unpaired) electrons. The van der Waals surface area contributed by atoms with E-state index >= 15 is 0 Å². The van der Waals surface area contributed by atoms with Crippen molar-refractivity contribution in [3.05, 3.63) is 22.2 Å². The number of aliphatic imine (C=N–C) groups is 1. The second-order valence-electron chi connectivity index (χ2n) is 2.95. The number of fused-ring (bicyclic) bond motifs is 2. The third-order valence-electron chi connectivity index (χ3n) is 2.06. The van der Waals surface area contributed by atoms with Gasteiger partial charge in [-0.3, -0.25) is 9.79 Å². The minimum absolute atomic E-state index is 0.127. The predicted molar refractivity (Wildman–Crippen MR) is 49.8 cm³/mol. The van der Waals surface area contributed by atoms with E-state index in [2.05, 4.69) is 20.2 Å². The summed E-state index contributed by atoms with van der Waals surface area (Å²) in [7, 11) is 0. The minimum Gasteiger partial charge on any atom is -0.287 e. The van der Waals surface area contributed by atoms with Gasteiger partial charge in [-0.2, -0.15) is 5.11 Å². The zero-order valence-electron chi connectivity index (χ0n) is 7.01. The molecule has 0 atom stereocenters. The Labute approximate surface area is 78.2 Å². The first-order valence-corrected chi connectivity index (χ1v) is 4.04. The predicted octanol–water partition coefficient (Wildman–Crippen LogP) is -0.0780. The molecule has 5 heteroatoms. The van der Waals surface area contributed by atoms with Crippen LogP contribution in [0.1, 0.15) is 10.4 Å². The fourth-order valence-corrected chi connectivity index (χ4v) is 1.39. The summed E-state index contributed by atoms with van der Waals surface area (Å²) in [6.07, 6.45) is 4.41. The molecular formula is C9H4N4O. The summed E-state index contributed by atoms with van der Waals surface area (Å²) in [5, 5.41) is 8.87. The monoisotopic (exact) mass is 184 g/mol. The first kappa shape index (κ1) is 7.25. The van der Waals surface area contributed by atoms with Crippen molar-refractivity contribution < 1.29 is 4.79 Å². The molecule has 66 valence electrons. The van der Waals surface area contributed by atoms with E-state index in [1.165, 1.54) is 6.21 Å². The number of rotatable bonds is 0. The molecule has 3 rings (SSSR count). The summed E-state index contributed by atoms with van der Waals surface area (Å²) in [6, 6.07) is 1.74. The minimum atomic E-state index is -0.127. The summed E-state index contributed by atoms with van der Waals surface area (Å²) in [6.45, 7) is 0. The number of hydrogen-bond donors (Lipinski definition) is 0. The number of azo groups is 1. The number of nitrogens with zero attached hydrogens (tertiary/aromatic N) is 4. The molecule has 5 nitrogen and oxygen atoms in total. The Morgan fingerprint density at radius 1 is 1.21 bits per heavy atom. The van der Waals surface area contributed by atoms with Gasteiger partial charge in [0.05, 0.1) is 29.5 Å². The molecule has 3 heterocycles. The summed E-state index contributed by atoms with van der Waals surface area (Å²) in [5.41, 5.74) is 0.558. The first-order valence-electron chi connectivity index (χ1n) is 4.04. The van der Waals surface area contributed by atoms with Crippen LogP contribution in [0.25, 0.3) is 12.4 Å². The van der Waals surface area contributed by atoms with E-state index in [0.717, 1.165) is 5.22 Å². The van der Waals surface area contributed by atoms with Gasteiger partial charge in [-0.15, -0.1) is 5.11 Å². The highest BCUT2D eigenvalue weighted by Gasteiger charge is 2.12. The Morgan fingerprint density at radius 2 is 2.14 bits per heavy atom. The standard InChI is InChI=1S/C9H4N4O/c14-8-4-10-3-7-6(8)1-5-2-11-13-9(5)12-7/h1-4H. The van der Waals surface area contributed by atoms with E-state index in [0.29, 0.717) is 16.7 Å². The zero-order valence-corrected chi connectivity index (χ0v) is 7.01. The fourth-order valence-electron chi connectivity index (χ4n) is 1.39. The number of carbonyl (C=O) groups excluding carboxylic acids is 1. The van der Waals surface area contributed by atoms with Crippen LogP contribution in [0.4, 0.5) is 5.82 Å². The largest absolute Gasteiger partial charge is 0.287 e. The highest BCUT2D eigenvalue weighted by molar-refractivity contribution is 6.36. The van der Waals surface area contributed by atoms with E-state index in [1.807, 2.05) is 0 Å². The Hall–Kier alpha value is -2.17. The molecule has 0 bridgehead atoms. The van der Waals surface area contributed by atoms with Gasteiger partial charge in [0.25, 0.3) is 0 Å². The second kappa shape index (κ2) is 2.41. The quantitative estimate of drug-likeness (QED) is 0.566. The lowest BCUT2D eigenvalue weighted by molar-refractivity contribution is 0.106. The lowest BCUT2D eigenvalue weighted by atomic mass is 10.1. The van der Waals surface area contributed by atoms with E-state index in [4.69, 9.17) is 0 Å². The molecule has 2 aliphatic heterocycles. The van der Waals surface area contributed by atoms with Crippen LogP contribution in [0.5, 0.6) is 0 Å². The maximum absolute atomic E-state index is 11.4. The topological polar surface area (TPSA) is 67.0 Å². The molecule has 0 N–H and O–H groups in total. The molecule has 0 unspecified atom stereocenters. The molecule has 0 aliphatic carbocycles. The van der Waals surface area contributed by atoms with Crippen molar-refractivity contribution in [1.29, 1.82) is 0 Å². The normalized spacial score (nSPS) is 15.9. The van der Waals surface area contributed by atoms with Gasteiger partial charge in [-0.25, -0.2) is 4.98 Å². The number of aromatic nitrogens is 1. The van der Waals surface area contributed by atoms with E-state index in [-0.39, 0.29) is 5.78 Å². The fraction of sp³-hybridized carbons (Fsp3) is 0. The summed E-state index contributed by atoms with van der Waals surface area (Å²) in [5.74, 6) is 0.419. The number of hydrogen-bond acceptors (Lipinski definition) is 5. The van der Waals surface area contributed by atoms with Crippen molar-refractivity contribution in [3.63, 3.8) is 0 Å². The van der Waals surface area contributed by atoms with Gasteiger partial charge >= 0.3 is 0 Å².